The quantitative estimate of drug-likeness (QED) is 0.847. The molecule has 0 aliphatic heterocycles. The molecule has 0 aliphatic rings. The highest BCUT2D eigenvalue weighted by atomic mass is 35.5. The van der Waals surface area contributed by atoms with E-state index in [9.17, 15) is 14.7 Å². The van der Waals surface area contributed by atoms with E-state index in [0.29, 0.717) is 22.7 Å². The fraction of sp³-hybridized carbons (Fsp3) is 0.231. The van der Waals surface area contributed by atoms with Crippen molar-refractivity contribution in [3.8, 4) is 11.3 Å². The standard InChI is InChI=1S/C13H12ClN3O4/c14-9-5-3-8(4-6-9)12-11(13(20)21)15-16-17(12)7-1-2-10(18)19/h3-6H,1-2,7H2,(H,18,19)(H,20,21). The van der Waals surface area contributed by atoms with E-state index in [0.717, 1.165) is 0 Å². The van der Waals surface area contributed by atoms with Gasteiger partial charge in [-0.05, 0) is 18.6 Å². The van der Waals surface area contributed by atoms with Gasteiger partial charge in [0.15, 0.2) is 5.69 Å². The van der Waals surface area contributed by atoms with Gasteiger partial charge in [-0.3, -0.25) is 4.79 Å². The first-order valence-corrected chi connectivity index (χ1v) is 6.51. The van der Waals surface area contributed by atoms with Crippen LogP contribution in [0.25, 0.3) is 11.3 Å². The van der Waals surface area contributed by atoms with E-state index in [1.807, 2.05) is 0 Å². The summed E-state index contributed by atoms with van der Waals surface area (Å²) in [4.78, 5) is 21.8. The molecule has 8 heteroatoms. The van der Waals surface area contributed by atoms with Gasteiger partial charge >= 0.3 is 11.9 Å². The number of aryl methyl sites for hydroxylation is 1. The molecule has 0 atom stereocenters. The van der Waals surface area contributed by atoms with Gasteiger partial charge in [0, 0.05) is 23.6 Å². The zero-order valence-corrected chi connectivity index (χ0v) is 11.6. The number of halogens is 1. The zero-order valence-electron chi connectivity index (χ0n) is 10.9. The molecule has 0 spiro atoms. The number of hydrogen-bond acceptors (Lipinski definition) is 4. The first-order valence-electron chi connectivity index (χ1n) is 6.13. The first kappa shape index (κ1) is 15.0. The third kappa shape index (κ3) is 3.57. The van der Waals surface area contributed by atoms with E-state index in [4.69, 9.17) is 16.7 Å². The summed E-state index contributed by atoms with van der Waals surface area (Å²) in [6, 6.07) is 6.61. The zero-order chi connectivity index (χ0) is 15.4. The van der Waals surface area contributed by atoms with Gasteiger partial charge in [0.2, 0.25) is 0 Å². The summed E-state index contributed by atoms with van der Waals surface area (Å²) in [6.07, 6.45) is 0.306. The molecular weight excluding hydrogens is 298 g/mol. The normalized spacial score (nSPS) is 10.5. The average Bonchev–Trinajstić information content (AvgIpc) is 2.83. The van der Waals surface area contributed by atoms with Crippen LogP contribution in [-0.2, 0) is 11.3 Å². The number of carboxylic acids is 2. The van der Waals surface area contributed by atoms with Crippen molar-refractivity contribution in [1.29, 1.82) is 0 Å². The molecule has 110 valence electrons. The molecule has 0 unspecified atom stereocenters. The van der Waals surface area contributed by atoms with Gasteiger partial charge < -0.3 is 10.2 Å². The van der Waals surface area contributed by atoms with E-state index in [1.54, 1.807) is 24.3 Å². The molecule has 2 N–H and O–H groups in total. The second-order valence-corrected chi connectivity index (χ2v) is 4.76. The molecule has 7 nitrogen and oxygen atoms in total. The maximum absolute atomic E-state index is 11.2. The molecule has 0 bridgehead atoms. The van der Waals surface area contributed by atoms with Crippen molar-refractivity contribution in [1.82, 2.24) is 15.0 Å². The largest absolute Gasteiger partial charge is 0.481 e. The molecule has 1 aromatic carbocycles. The predicted octanol–water partition coefficient (Wildman–Crippen LogP) is 2.16. The summed E-state index contributed by atoms with van der Waals surface area (Å²) in [5.41, 5.74) is 0.773. The lowest BCUT2D eigenvalue weighted by Crippen LogP contribution is -2.07. The molecule has 2 rings (SSSR count). The number of aromatic carboxylic acids is 1. The Kier molecular flexibility index (Phi) is 4.54. The number of rotatable bonds is 6. The van der Waals surface area contributed by atoms with E-state index in [1.165, 1.54) is 4.68 Å². The van der Waals surface area contributed by atoms with E-state index < -0.39 is 11.9 Å². The smallest absolute Gasteiger partial charge is 0.358 e. The Morgan fingerprint density at radius 2 is 1.86 bits per heavy atom. The monoisotopic (exact) mass is 309 g/mol. The summed E-state index contributed by atoms with van der Waals surface area (Å²) in [7, 11) is 0. The van der Waals surface area contributed by atoms with Gasteiger partial charge in [-0.25, -0.2) is 9.48 Å². The Morgan fingerprint density at radius 1 is 1.19 bits per heavy atom. The lowest BCUT2D eigenvalue weighted by molar-refractivity contribution is -0.137. The number of aromatic nitrogens is 3. The Balaban J connectivity index is 2.35. The van der Waals surface area contributed by atoms with Crippen LogP contribution in [-0.4, -0.2) is 37.1 Å². The molecule has 0 radical (unpaired) electrons. The molecule has 0 saturated carbocycles. The van der Waals surface area contributed by atoms with Gasteiger partial charge in [0.25, 0.3) is 0 Å². The highest BCUT2D eigenvalue weighted by molar-refractivity contribution is 6.30. The molecular formula is C13H12ClN3O4. The molecule has 2 aromatic rings. The summed E-state index contributed by atoms with van der Waals surface area (Å²) in [5, 5.41) is 25.8. The number of aliphatic carboxylic acids is 1. The number of hydrogen-bond donors (Lipinski definition) is 2. The van der Waals surface area contributed by atoms with Gasteiger partial charge in [-0.15, -0.1) is 5.10 Å². The minimum atomic E-state index is -1.19. The lowest BCUT2D eigenvalue weighted by atomic mass is 10.1. The fourth-order valence-corrected chi connectivity index (χ4v) is 2.01. The number of carboxylic acid groups (broad SMARTS) is 2. The summed E-state index contributed by atoms with van der Waals surface area (Å²) in [5.74, 6) is -2.11. The minimum absolute atomic E-state index is 0.0255. The van der Waals surface area contributed by atoms with Crippen molar-refractivity contribution in [2.24, 2.45) is 0 Å². The van der Waals surface area contributed by atoms with Crippen molar-refractivity contribution >= 4 is 23.5 Å². The third-order valence-electron chi connectivity index (χ3n) is 2.82. The average molecular weight is 310 g/mol. The Labute approximate surface area is 124 Å². The van der Waals surface area contributed by atoms with Crippen LogP contribution in [0.5, 0.6) is 0 Å². The molecule has 1 heterocycles. The van der Waals surface area contributed by atoms with Crippen molar-refractivity contribution in [2.75, 3.05) is 0 Å². The van der Waals surface area contributed by atoms with Crippen molar-refractivity contribution in [2.45, 2.75) is 19.4 Å². The fourth-order valence-electron chi connectivity index (χ4n) is 1.89. The molecule has 0 amide bonds. The Morgan fingerprint density at radius 3 is 2.43 bits per heavy atom. The van der Waals surface area contributed by atoms with Gasteiger partial charge in [-0.1, -0.05) is 28.9 Å². The van der Waals surface area contributed by atoms with Crippen LogP contribution in [0.1, 0.15) is 23.3 Å². The molecule has 0 fully saturated rings. The predicted molar refractivity (Wildman–Crippen MR) is 74.3 cm³/mol. The van der Waals surface area contributed by atoms with Crippen LogP contribution >= 0.6 is 11.6 Å². The van der Waals surface area contributed by atoms with Crippen LogP contribution in [0.4, 0.5) is 0 Å². The number of nitrogens with zero attached hydrogens (tertiary/aromatic N) is 3. The summed E-state index contributed by atoms with van der Waals surface area (Å²) >= 11 is 5.81. The molecule has 21 heavy (non-hydrogen) atoms. The van der Waals surface area contributed by atoms with Crippen LogP contribution in [0.3, 0.4) is 0 Å². The topological polar surface area (TPSA) is 105 Å². The maximum Gasteiger partial charge on any atom is 0.358 e. The highest BCUT2D eigenvalue weighted by Gasteiger charge is 2.20. The van der Waals surface area contributed by atoms with E-state index in [-0.39, 0.29) is 18.7 Å². The first-order chi connectivity index (χ1) is 9.99. The Hall–Kier alpha value is -2.41. The highest BCUT2D eigenvalue weighted by Crippen LogP contribution is 2.24. The van der Waals surface area contributed by atoms with Gasteiger partial charge in [0.1, 0.15) is 5.69 Å². The molecule has 0 aliphatic carbocycles. The minimum Gasteiger partial charge on any atom is -0.481 e. The SMILES string of the molecule is O=C(O)CCCn1nnc(C(=O)O)c1-c1ccc(Cl)cc1. The second-order valence-electron chi connectivity index (χ2n) is 4.32. The maximum atomic E-state index is 11.2. The Bertz CT molecular complexity index is 667. The third-order valence-corrected chi connectivity index (χ3v) is 3.07. The van der Waals surface area contributed by atoms with Crippen molar-refractivity contribution < 1.29 is 19.8 Å². The number of carbonyl (C=O) groups is 2. The molecule has 1 aromatic heterocycles. The van der Waals surface area contributed by atoms with Crippen LogP contribution in [0.2, 0.25) is 5.02 Å². The lowest BCUT2D eigenvalue weighted by Gasteiger charge is -2.06. The van der Waals surface area contributed by atoms with Gasteiger partial charge in [-0.2, -0.15) is 0 Å². The molecule has 0 saturated heterocycles. The van der Waals surface area contributed by atoms with Crippen molar-refractivity contribution in [3.05, 3.63) is 35.0 Å². The van der Waals surface area contributed by atoms with Gasteiger partial charge in [0.05, 0.1) is 0 Å². The van der Waals surface area contributed by atoms with Crippen LogP contribution in [0, 0.1) is 0 Å². The van der Waals surface area contributed by atoms with Crippen LogP contribution < -0.4 is 0 Å². The second kappa shape index (κ2) is 6.36. The van der Waals surface area contributed by atoms with Crippen molar-refractivity contribution in [3.63, 3.8) is 0 Å². The summed E-state index contributed by atoms with van der Waals surface area (Å²) in [6.45, 7) is 0.268. The number of benzene rings is 1. The summed E-state index contributed by atoms with van der Waals surface area (Å²) < 4.78 is 1.40. The van der Waals surface area contributed by atoms with E-state index >= 15 is 0 Å². The van der Waals surface area contributed by atoms with Crippen LogP contribution in [0.15, 0.2) is 24.3 Å². The van der Waals surface area contributed by atoms with E-state index in [2.05, 4.69) is 10.3 Å².